The number of ether oxygens (including phenoxy) is 2. The fraction of sp³-hybridized carbons (Fsp3) is 0.385. The van der Waals surface area contributed by atoms with Crippen molar-refractivity contribution < 1.29 is 9.47 Å². The van der Waals surface area contributed by atoms with Gasteiger partial charge in [0, 0.05) is 30.2 Å². The van der Waals surface area contributed by atoms with Crippen LogP contribution >= 0.6 is 11.6 Å². The molecule has 0 bridgehead atoms. The summed E-state index contributed by atoms with van der Waals surface area (Å²) in [6.07, 6.45) is 0. The SMILES string of the molecule is COc1cc(Cl)cc(CN)c1OCc1nnc(C)n1C. The molecule has 1 aromatic heterocycles. The Bertz CT molecular complexity index is 587. The van der Waals surface area contributed by atoms with Crippen LogP contribution in [0.3, 0.4) is 0 Å². The Morgan fingerprint density at radius 1 is 1.35 bits per heavy atom. The number of hydrogen-bond acceptors (Lipinski definition) is 5. The molecule has 0 saturated heterocycles. The molecule has 0 aliphatic rings. The minimum atomic E-state index is 0.280. The molecule has 108 valence electrons. The highest BCUT2D eigenvalue weighted by atomic mass is 35.5. The van der Waals surface area contributed by atoms with Crippen LogP contribution in [0.4, 0.5) is 0 Å². The lowest BCUT2D eigenvalue weighted by atomic mass is 10.2. The fourth-order valence-electron chi connectivity index (χ4n) is 1.80. The van der Waals surface area contributed by atoms with Gasteiger partial charge in [-0.25, -0.2) is 0 Å². The average Bonchev–Trinajstić information content (AvgIpc) is 2.76. The van der Waals surface area contributed by atoms with Crippen molar-refractivity contribution in [2.75, 3.05) is 7.11 Å². The number of nitrogens with two attached hydrogens (primary N) is 1. The third-order valence-electron chi connectivity index (χ3n) is 3.06. The standard InChI is InChI=1S/C13H17ClN4O2/c1-8-16-17-12(18(8)2)7-20-13-9(6-15)4-10(14)5-11(13)19-3/h4-5H,6-7,15H2,1-3H3. The molecule has 0 aliphatic carbocycles. The third kappa shape index (κ3) is 2.86. The van der Waals surface area contributed by atoms with E-state index in [1.807, 2.05) is 18.5 Å². The Kier molecular flexibility index (Phi) is 4.46. The van der Waals surface area contributed by atoms with E-state index in [0.29, 0.717) is 23.1 Å². The third-order valence-corrected chi connectivity index (χ3v) is 3.28. The van der Waals surface area contributed by atoms with E-state index in [0.717, 1.165) is 17.2 Å². The zero-order chi connectivity index (χ0) is 14.7. The largest absolute Gasteiger partial charge is 0.493 e. The van der Waals surface area contributed by atoms with Crippen molar-refractivity contribution in [1.29, 1.82) is 0 Å². The van der Waals surface area contributed by atoms with Crippen LogP contribution in [-0.4, -0.2) is 21.9 Å². The average molecular weight is 297 g/mol. The molecule has 2 aromatic rings. The molecule has 6 nitrogen and oxygen atoms in total. The topological polar surface area (TPSA) is 75.2 Å². The van der Waals surface area contributed by atoms with Crippen molar-refractivity contribution in [3.8, 4) is 11.5 Å². The second kappa shape index (κ2) is 6.11. The van der Waals surface area contributed by atoms with Crippen molar-refractivity contribution >= 4 is 11.6 Å². The van der Waals surface area contributed by atoms with E-state index in [2.05, 4.69) is 10.2 Å². The van der Waals surface area contributed by atoms with Crippen LogP contribution in [-0.2, 0) is 20.2 Å². The van der Waals surface area contributed by atoms with E-state index >= 15 is 0 Å². The van der Waals surface area contributed by atoms with Crippen molar-refractivity contribution in [3.63, 3.8) is 0 Å². The van der Waals surface area contributed by atoms with Crippen LogP contribution in [0.2, 0.25) is 5.02 Å². The lowest BCUT2D eigenvalue weighted by Crippen LogP contribution is -2.08. The Hall–Kier alpha value is -1.79. The van der Waals surface area contributed by atoms with Crippen LogP contribution in [0.1, 0.15) is 17.2 Å². The van der Waals surface area contributed by atoms with Gasteiger partial charge in [0.1, 0.15) is 12.4 Å². The van der Waals surface area contributed by atoms with Gasteiger partial charge in [0.05, 0.1) is 7.11 Å². The first kappa shape index (κ1) is 14.6. The molecule has 20 heavy (non-hydrogen) atoms. The van der Waals surface area contributed by atoms with Crippen molar-refractivity contribution in [3.05, 3.63) is 34.4 Å². The summed E-state index contributed by atoms with van der Waals surface area (Å²) >= 11 is 6.01. The molecule has 2 N–H and O–H groups in total. The molecule has 0 amide bonds. The zero-order valence-corrected chi connectivity index (χ0v) is 12.4. The summed E-state index contributed by atoms with van der Waals surface area (Å²) in [6.45, 7) is 2.47. The molecule has 1 aromatic carbocycles. The van der Waals surface area contributed by atoms with E-state index in [9.17, 15) is 0 Å². The summed E-state index contributed by atoms with van der Waals surface area (Å²) < 4.78 is 12.9. The maximum absolute atomic E-state index is 6.01. The van der Waals surface area contributed by atoms with E-state index < -0.39 is 0 Å². The van der Waals surface area contributed by atoms with Gasteiger partial charge in [-0.2, -0.15) is 0 Å². The molecule has 0 fully saturated rings. The molecule has 0 aliphatic heterocycles. The van der Waals surface area contributed by atoms with Crippen molar-refractivity contribution in [2.24, 2.45) is 12.8 Å². The second-order valence-electron chi connectivity index (χ2n) is 4.31. The van der Waals surface area contributed by atoms with Gasteiger partial charge in [-0.15, -0.1) is 10.2 Å². The first-order valence-electron chi connectivity index (χ1n) is 6.11. The van der Waals surface area contributed by atoms with Crippen LogP contribution in [0.25, 0.3) is 0 Å². The number of methoxy groups -OCH3 is 1. The van der Waals surface area contributed by atoms with Crippen LogP contribution in [0.5, 0.6) is 11.5 Å². The van der Waals surface area contributed by atoms with Gasteiger partial charge in [-0.3, -0.25) is 0 Å². The van der Waals surface area contributed by atoms with Gasteiger partial charge < -0.3 is 19.8 Å². The molecule has 7 heteroatoms. The summed E-state index contributed by atoms with van der Waals surface area (Å²) in [6, 6.07) is 3.46. The predicted molar refractivity (Wildman–Crippen MR) is 76.0 cm³/mol. The minimum absolute atomic E-state index is 0.280. The van der Waals surface area contributed by atoms with Gasteiger partial charge in [0.15, 0.2) is 17.3 Å². The van der Waals surface area contributed by atoms with Crippen LogP contribution in [0.15, 0.2) is 12.1 Å². The summed E-state index contributed by atoms with van der Waals surface area (Å²) in [5, 5.41) is 8.59. The number of rotatable bonds is 5. The molecule has 1 heterocycles. The Morgan fingerprint density at radius 2 is 2.10 bits per heavy atom. The quantitative estimate of drug-likeness (QED) is 0.911. The molecule has 0 saturated carbocycles. The molecular weight excluding hydrogens is 280 g/mol. The normalized spacial score (nSPS) is 10.7. The number of aromatic nitrogens is 3. The fourth-order valence-corrected chi connectivity index (χ4v) is 2.03. The molecule has 0 spiro atoms. The highest BCUT2D eigenvalue weighted by molar-refractivity contribution is 6.30. The molecule has 0 unspecified atom stereocenters. The predicted octanol–water partition coefficient (Wildman–Crippen LogP) is 1.82. The smallest absolute Gasteiger partial charge is 0.170 e. The lowest BCUT2D eigenvalue weighted by molar-refractivity contribution is 0.269. The first-order valence-corrected chi connectivity index (χ1v) is 6.48. The number of aryl methyl sites for hydroxylation is 1. The molecule has 0 atom stereocenters. The Morgan fingerprint density at radius 3 is 2.65 bits per heavy atom. The van der Waals surface area contributed by atoms with Gasteiger partial charge in [-0.1, -0.05) is 11.6 Å². The van der Waals surface area contributed by atoms with Gasteiger partial charge >= 0.3 is 0 Å². The maximum atomic E-state index is 6.01. The maximum Gasteiger partial charge on any atom is 0.170 e. The first-order chi connectivity index (χ1) is 9.56. The zero-order valence-electron chi connectivity index (χ0n) is 11.7. The summed E-state index contributed by atoms with van der Waals surface area (Å²) in [5.74, 6) is 2.69. The molecule has 2 rings (SSSR count). The minimum Gasteiger partial charge on any atom is -0.493 e. The van der Waals surface area contributed by atoms with Crippen LogP contribution < -0.4 is 15.2 Å². The monoisotopic (exact) mass is 296 g/mol. The van der Waals surface area contributed by atoms with Gasteiger partial charge in [0.25, 0.3) is 0 Å². The van der Waals surface area contributed by atoms with Gasteiger partial charge in [-0.05, 0) is 13.0 Å². The number of nitrogens with zero attached hydrogens (tertiary/aromatic N) is 3. The number of hydrogen-bond donors (Lipinski definition) is 1. The number of benzene rings is 1. The Labute approximate surface area is 122 Å². The molecular formula is C13H17ClN4O2. The summed E-state index contributed by atoms with van der Waals surface area (Å²) in [5.41, 5.74) is 6.50. The lowest BCUT2D eigenvalue weighted by Gasteiger charge is -2.14. The van der Waals surface area contributed by atoms with Crippen molar-refractivity contribution in [2.45, 2.75) is 20.1 Å². The molecule has 0 radical (unpaired) electrons. The van der Waals surface area contributed by atoms with Gasteiger partial charge in [0.2, 0.25) is 0 Å². The van der Waals surface area contributed by atoms with Crippen molar-refractivity contribution in [1.82, 2.24) is 14.8 Å². The van der Waals surface area contributed by atoms with E-state index in [1.54, 1.807) is 19.2 Å². The highest BCUT2D eigenvalue weighted by Crippen LogP contribution is 2.34. The number of halogens is 1. The van der Waals surface area contributed by atoms with E-state index in [-0.39, 0.29) is 6.61 Å². The van der Waals surface area contributed by atoms with E-state index in [1.165, 1.54) is 0 Å². The second-order valence-corrected chi connectivity index (χ2v) is 4.75. The summed E-state index contributed by atoms with van der Waals surface area (Å²) in [7, 11) is 3.45. The van der Waals surface area contributed by atoms with Crippen LogP contribution in [0, 0.1) is 6.92 Å². The van der Waals surface area contributed by atoms with E-state index in [4.69, 9.17) is 26.8 Å². The summed E-state index contributed by atoms with van der Waals surface area (Å²) in [4.78, 5) is 0. The Balaban J connectivity index is 2.26. The highest BCUT2D eigenvalue weighted by Gasteiger charge is 2.14.